The number of ether oxygens (including phenoxy) is 1. The molecule has 0 radical (unpaired) electrons. The number of esters is 1. The van der Waals surface area contributed by atoms with Gasteiger partial charge in [-0.1, -0.05) is 57.5 Å². The topological polar surface area (TPSA) is 117 Å². The summed E-state index contributed by atoms with van der Waals surface area (Å²) in [6.07, 6.45) is 1.50. The van der Waals surface area contributed by atoms with Gasteiger partial charge in [0.15, 0.2) is 0 Å². The smallest absolute Gasteiger partial charge is 0.311 e. The molecule has 0 aliphatic heterocycles. The summed E-state index contributed by atoms with van der Waals surface area (Å²) < 4.78 is 34.2. The standard InChI is InChI=1S/C25H34N2O5S/c1-4-8-22(26)19-11-13-21(14-12-19)32-25(29)16-15-24(20-9-6-5-7-10-20)33(30,31)27-23(17-28)18(2)3/h5-7,9-14,18,23-24,26-28H,4,8,15-17H2,1-3H3. The lowest BCUT2D eigenvalue weighted by atomic mass is 10.1. The van der Waals surface area contributed by atoms with Crippen LogP contribution in [-0.4, -0.2) is 37.9 Å². The fraction of sp³-hybridized carbons (Fsp3) is 0.440. The SMILES string of the molecule is CCCC(=N)c1ccc(OC(=O)CCC(c2ccccc2)S(=O)(=O)NC(CO)C(C)C)cc1. The van der Waals surface area contributed by atoms with E-state index in [9.17, 15) is 18.3 Å². The highest BCUT2D eigenvalue weighted by Crippen LogP contribution is 2.28. The molecule has 7 nitrogen and oxygen atoms in total. The summed E-state index contributed by atoms with van der Waals surface area (Å²) >= 11 is 0. The Morgan fingerprint density at radius 2 is 1.70 bits per heavy atom. The van der Waals surface area contributed by atoms with Gasteiger partial charge in [0.2, 0.25) is 10.0 Å². The van der Waals surface area contributed by atoms with Gasteiger partial charge in [0.1, 0.15) is 11.0 Å². The Bertz CT molecular complexity index is 1000. The summed E-state index contributed by atoms with van der Waals surface area (Å²) in [7, 11) is -3.86. The van der Waals surface area contributed by atoms with E-state index in [4.69, 9.17) is 10.1 Å². The van der Waals surface area contributed by atoms with E-state index < -0.39 is 27.3 Å². The van der Waals surface area contributed by atoms with E-state index in [1.807, 2.05) is 20.8 Å². The maximum atomic E-state index is 13.1. The molecule has 2 aromatic rings. The summed E-state index contributed by atoms with van der Waals surface area (Å²) in [5.41, 5.74) is 1.87. The van der Waals surface area contributed by atoms with Crippen LogP contribution in [0.3, 0.4) is 0 Å². The van der Waals surface area contributed by atoms with Gasteiger partial charge >= 0.3 is 5.97 Å². The molecule has 3 N–H and O–H groups in total. The Morgan fingerprint density at radius 3 is 2.24 bits per heavy atom. The van der Waals surface area contributed by atoms with E-state index in [0.717, 1.165) is 12.0 Å². The first kappa shape index (κ1) is 26.7. The van der Waals surface area contributed by atoms with Crippen LogP contribution in [0.15, 0.2) is 54.6 Å². The second-order valence-electron chi connectivity index (χ2n) is 8.36. The molecular formula is C25H34N2O5S. The Labute approximate surface area is 196 Å². The molecule has 0 saturated carbocycles. The van der Waals surface area contributed by atoms with Crippen molar-refractivity contribution in [2.75, 3.05) is 6.61 Å². The van der Waals surface area contributed by atoms with E-state index in [-0.39, 0.29) is 25.4 Å². The van der Waals surface area contributed by atoms with Crippen LogP contribution in [0.2, 0.25) is 0 Å². The molecule has 2 rings (SSSR count). The lowest BCUT2D eigenvalue weighted by Crippen LogP contribution is -2.43. The highest BCUT2D eigenvalue weighted by Gasteiger charge is 2.31. The minimum Gasteiger partial charge on any atom is -0.427 e. The molecule has 0 aromatic heterocycles. The normalized spacial score (nSPS) is 13.5. The molecular weight excluding hydrogens is 440 g/mol. The maximum absolute atomic E-state index is 13.1. The number of hydrogen-bond donors (Lipinski definition) is 3. The third-order valence-electron chi connectivity index (χ3n) is 5.41. The van der Waals surface area contributed by atoms with Gasteiger partial charge in [0.25, 0.3) is 0 Å². The number of sulfonamides is 1. The Hall–Kier alpha value is -2.55. The number of aliphatic hydroxyl groups excluding tert-OH is 1. The van der Waals surface area contributed by atoms with Crippen molar-refractivity contribution in [3.05, 3.63) is 65.7 Å². The van der Waals surface area contributed by atoms with Crippen molar-refractivity contribution in [3.63, 3.8) is 0 Å². The molecule has 33 heavy (non-hydrogen) atoms. The van der Waals surface area contributed by atoms with Crippen LogP contribution in [0.1, 0.15) is 62.8 Å². The zero-order valence-corrected chi connectivity index (χ0v) is 20.3. The second-order valence-corrected chi connectivity index (χ2v) is 10.3. The third kappa shape index (κ3) is 8.07. The molecule has 0 amide bonds. The third-order valence-corrected chi connectivity index (χ3v) is 7.30. The van der Waals surface area contributed by atoms with Gasteiger partial charge in [-0.25, -0.2) is 13.1 Å². The number of rotatable bonds is 13. The Kier molecular flexibility index (Phi) is 10.2. The molecule has 0 saturated heterocycles. The molecule has 2 atom stereocenters. The highest BCUT2D eigenvalue weighted by molar-refractivity contribution is 7.89. The van der Waals surface area contributed by atoms with Crippen LogP contribution in [-0.2, 0) is 14.8 Å². The first-order valence-electron chi connectivity index (χ1n) is 11.2. The van der Waals surface area contributed by atoms with E-state index >= 15 is 0 Å². The van der Waals surface area contributed by atoms with Gasteiger partial charge in [-0.3, -0.25) is 4.79 Å². The van der Waals surface area contributed by atoms with Gasteiger partial charge in [0, 0.05) is 18.2 Å². The number of hydrogen-bond acceptors (Lipinski definition) is 6. The van der Waals surface area contributed by atoms with Crippen molar-refractivity contribution in [1.29, 1.82) is 5.41 Å². The molecule has 180 valence electrons. The van der Waals surface area contributed by atoms with Crippen molar-refractivity contribution in [1.82, 2.24) is 4.72 Å². The van der Waals surface area contributed by atoms with E-state index in [2.05, 4.69) is 4.72 Å². The number of benzene rings is 2. The molecule has 0 heterocycles. The Balaban J connectivity index is 2.09. The molecule has 8 heteroatoms. The lowest BCUT2D eigenvalue weighted by Gasteiger charge is -2.24. The Morgan fingerprint density at radius 1 is 1.06 bits per heavy atom. The molecule has 0 aliphatic rings. The molecule has 0 spiro atoms. The van der Waals surface area contributed by atoms with Gasteiger partial charge in [-0.15, -0.1) is 0 Å². The lowest BCUT2D eigenvalue weighted by molar-refractivity contribution is -0.134. The van der Waals surface area contributed by atoms with Crippen molar-refractivity contribution in [3.8, 4) is 5.75 Å². The minimum atomic E-state index is -3.86. The van der Waals surface area contributed by atoms with Crippen LogP contribution >= 0.6 is 0 Å². The van der Waals surface area contributed by atoms with Crippen molar-refractivity contribution in [2.24, 2.45) is 5.92 Å². The average Bonchev–Trinajstić information content (AvgIpc) is 2.78. The highest BCUT2D eigenvalue weighted by atomic mass is 32.2. The molecule has 0 aliphatic carbocycles. The minimum absolute atomic E-state index is 0.0354. The summed E-state index contributed by atoms with van der Waals surface area (Å²) in [5.74, 6) is -0.275. The van der Waals surface area contributed by atoms with Crippen molar-refractivity contribution in [2.45, 2.75) is 57.7 Å². The van der Waals surface area contributed by atoms with Gasteiger partial charge in [-0.05, 0) is 54.2 Å². The van der Waals surface area contributed by atoms with Gasteiger partial charge in [0.05, 0.1) is 6.61 Å². The first-order valence-corrected chi connectivity index (χ1v) is 12.8. The average molecular weight is 475 g/mol. The summed E-state index contributed by atoms with van der Waals surface area (Å²) in [6.45, 7) is 5.35. The number of nitrogens with one attached hydrogen (secondary N) is 2. The van der Waals surface area contributed by atoms with Crippen molar-refractivity contribution >= 4 is 21.7 Å². The summed E-state index contributed by atoms with van der Waals surface area (Å²) in [4.78, 5) is 12.5. The molecule has 0 fully saturated rings. The first-order chi connectivity index (χ1) is 15.7. The fourth-order valence-corrected chi connectivity index (χ4v) is 5.27. The summed E-state index contributed by atoms with van der Waals surface area (Å²) in [6, 6.07) is 14.9. The number of carbonyl (C=O) groups excluding carboxylic acids is 1. The van der Waals surface area contributed by atoms with E-state index in [0.29, 0.717) is 23.4 Å². The van der Waals surface area contributed by atoms with Gasteiger partial charge < -0.3 is 15.3 Å². The van der Waals surface area contributed by atoms with E-state index in [1.165, 1.54) is 0 Å². The monoisotopic (exact) mass is 474 g/mol. The predicted octanol–water partition coefficient (Wildman–Crippen LogP) is 4.22. The van der Waals surface area contributed by atoms with Crippen LogP contribution in [0.5, 0.6) is 5.75 Å². The van der Waals surface area contributed by atoms with Crippen molar-refractivity contribution < 1.29 is 23.1 Å². The van der Waals surface area contributed by atoms with Crippen LogP contribution in [0.25, 0.3) is 0 Å². The summed E-state index contributed by atoms with van der Waals surface area (Å²) in [5, 5.41) is 16.6. The largest absolute Gasteiger partial charge is 0.427 e. The van der Waals surface area contributed by atoms with Crippen LogP contribution in [0.4, 0.5) is 0 Å². The van der Waals surface area contributed by atoms with Crippen LogP contribution < -0.4 is 9.46 Å². The number of aliphatic hydroxyl groups is 1. The fourth-order valence-electron chi connectivity index (χ4n) is 3.40. The molecule has 2 aromatic carbocycles. The van der Waals surface area contributed by atoms with Gasteiger partial charge in [-0.2, -0.15) is 0 Å². The zero-order chi connectivity index (χ0) is 24.4. The number of carbonyl (C=O) groups is 1. The molecule has 2 unspecified atom stereocenters. The predicted molar refractivity (Wildman–Crippen MR) is 130 cm³/mol. The maximum Gasteiger partial charge on any atom is 0.311 e. The molecule has 0 bridgehead atoms. The quantitative estimate of drug-likeness (QED) is 0.228. The van der Waals surface area contributed by atoms with Crippen LogP contribution in [0, 0.1) is 11.3 Å². The second kappa shape index (κ2) is 12.6. The van der Waals surface area contributed by atoms with E-state index in [1.54, 1.807) is 54.6 Å². The zero-order valence-electron chi connectivity index (χ0n) is 19.5.